The third kappa shape index (κ3) is 22.0. The van der Waals surface area contributed by atoms with Crippen LogP contribution < -0.4 is 0 Å². The SMILES string of the molecule is CCCCCCCCCCCCCCCCCCCCCCCCCCCCOC(=O)C(F)(F)C(F)(F)F. The Bertz CT molecular complexity index is 523. The van der Waals surface area contributed by atoms with Crippen LogP contribution in [0, 0.1) is 0 Å². The quantitative estimate of drug-likeness (QED) is 0.0544. The lowest BCUT2D eigenvalue weighted by atomic mass is 10.0. The first kappa shape index (κ1) is 37.1. The van der Waals surface area contributed by atoms with Gasteiger partial charge in [-0.25, -0.2) is 4.79 Å². The topological polar surface area (TPSA) is 26.3 Å². The first-order valence-electron chi connectivity index (χ1n) is 15.8. The second-order valence-electron chi connectivity index (χ2n) is 11.0. The van der Waals surface area contributed by atoms with Crippen LogP contribution in [0.5, 0.6) is 0 Å². The van der Waals surface area contributed by atoms with E-state index in [1.54, 1.807) is 0 Å². The molecule has 0 atom stereocenters. The van der Waals surface area contributed by atoms with Crippen molar-refractivity contribution in [2.45, 2.75) is 186 Å². The Hall–Kier alpha value is -0.880. The molecule has 0 radical (unpaired) electrons. The minimum absolute atomic E-state index is 0.305. The molecule has 0 aliphatic rings. The van der Waals surface area contributed by atoms with Gasteiger partial charge in [0.25, 0.3) is 0 Å². The molecule has 0 fully saturated rings. The second kappa shape index (κ2) is 25.1. The molecule has 7 heteroatoms. The van der Waals surface area contributed by atoms with Gasteiger partial charge < -0.3 is 4.74 Å². The number of alkyl halides is 5. The summed E-state index contributed by atoms with van der Waals surface area (Å²) in [5.41, 5.74) is 0. The third-order valence-electron chi connectivity index (χ3n) is 7.34. The van der Waals surface area contributed by atoms with E-state index >= 15 is 0 Å². The molecule has 0 rings (SSSR count). The number of hydrogen-bond donors (Lipinski definition) is 0. The molecule has 0 aromatic carbocycles. The summed E-state index contributed by atoms with van der Waals surface area (Å²) in [5, 5.41) is 0. The van der Waals surface area contributed by atoms with Gasteiger partial charge in [-0.2, -0.15) is 22.0 Å². The highest BCUT2D eigenvalue weighted by molar-refractivity contribution is 5.78. The van der Waals surface area contributed by atoms with E-state index in [1.807, 2.05) is 0 Å². The molecule has 228 valence electrons. The van der Waals surface area contributed by atoms with E-state index in [9.17, 15) is 26.7 Å². The molecule has 0 spiro atoms. The number of ether oxygens (including phenoxy) is 1. The fourth-order valence-electron chi connectivity index (χ4n) is 4.79. The monoisotopic (exact) mass is 556 g/mol. The number of esters is 1. The molecule has 0 heterocycles. The maximum absolute atomic E-state index is 12.7. The van der Waals surface area contributed by atoms with Crippen LogP contribution in [0.15, 0.2) is 0 Å². The zero-order valence-electron chi connectivity index (χ0n) is 24.3. The Balaban J connectivity index is 3.21. The third-order valence-corrected chi connectivity index (χ3v) is 7.34. The van der Waals surface area contributed by atoms with Crippen molar-refractivity contribution >= 4 is 5.97 Å². The molecule has 0 bridgehead atoms. The number of halogens is 5. The van der Waals surface area contributed by atoms with E-state index in [2.05, 4.69) is 11.7 Å². The zero-order valence-corrected chi connectivity index (χ0v) is 24.3. The average molecular weight is 557 g/mol. The predicted molar refractivity (Wildman–Crippen MR) is 148 cm³/mol. The molecule has 0 aromatic heterocycles. The van der Waals surface area contributed by atoms with Crippen LogP contribution in [0.3, 0.4) is 0 Å². The molecule has 0 saturated heterocycles. The number of rotatable bonds is 28. The molecule has 0 N–H and O–H groups in total. The van der Waals surface area contributed by atoms with Gasteiger partial charge >= 0.3 is 18.1 Å². The Labute approximate surface area is 230 Å². The van der Waals surface area contributed by atoms with Gasteiger partial charge in [0.15, 0.2) is 0 Å². The number of unbranched alkanes of at least 4 members (excludes halogenated alkanes) is 25. The van der Waals surface area contributed by atoms with E-state index in [0.29, 0.717) is 12.8 Å². The number of carbonyl (C=O) groups excluding carboxylic acids is 1. The van der Waals surface area contributed by atoms with Gasteiger partial charge in [-0.1, -0.05) is 167 Å². The van der Waals surface area contributed by atoms with Crippen molar-refractivity contribution in [1.29, 1.82) is 0 Å². The molecular weight excluding hydrogens is 499 g/mol. The molecule has 0 saturated carbocycles. The lowest BCUT2D eigenvalue weighted by Gasteiger charge is -2.17. The van der Waals surface area contributed by atoms with Gasteiger partial charge in [0.2, 0.25) is 0 Å². The summed E-state index contributed by atoms with van der Waals surface area (Å²) in [6.07, 6.45) is 26.7. The number of hydrogen-bond acceptors (Lipinski definition) is 2. The Kier molecular flexibility index (Phi) is 24.5. The van der Waals surface area contributed by atoms with Crippen LogP contribution in [0.4, 0.5) is 22.0 Å². The largest absolute Gasteiger partial charge is 0.465 e. The van der Waals surface area contributed by atoms with Crippen LogP contribution >= 0.6 is 0 Å². The van der Waals surface area contributed by atoms with E-state index in [-0.39, 0.29) is 0 Å². The fourth-order valence-corrected chi connectivity index (χ4v) is 4.79. The molecule has 0 unspecified atom stereocenters. The van der Waals surface area contributed by atoms with Crippen LogP contribution in [0.1, 0.15) is 174 Å². The van der Waals surface area contributed by atoms with Gasteiger partial charge in [0, 0.05) is 0 Å². The molecule has 0 aliphatic heterocycles. The van der Waals surface area contributed by atoms with Crippen LogP contribution in [-0.4, -0.2) is 24.7 Å². The van der Waals surface area contributed by atoms with Crippen molar-refractivity contribution in [2.75, 3.05) is 6.61 Å². The van der Waals surface area contributed by atoms with Crippen molar-refractivity contribution in [1.82, 2.24) is 0 Å². The average Bonchev–Trinajstić information content (AvgIpc) is 2.87. The van der Waals surface area contributed by atoms with Gasteiger partial charge in [-0.05, 0) is 6.42 Å². The standard InChI is InChI=1S/C31H57F5O2/c1-2-3-4-5-6-7-8-9-10-11-12-13-14-15-16-17-18-19-20-21-22-23-24-25-26-27-28-38-29(37)30(32,33)31(34,35)36/h2-28H2,1H3. The van der Waals surface area contributed by atoms with Crippen LogP contribution in [-0.2, 0) is 9.53 Å². The summed E-state index contributed by atoms with van der Waals surface area (Å²) in [6, 6.07) is 0. The highest BCUT2D eigenvalue weighted by Gasteiger charge is 2.64. The number of carbonyl (C=O) groups is 1. The van der Waals surface area contributed by atoms with Gasteiger partial charge in [0.05, 0.1) is 6.61 Å². The molecule has 0 amide bonds. The van der Waals surface area contributed by atoms with Crippen molar-refractivity contribution in [3.8, 4) is 0 Å². The van der Waals surface area contributed by atoms with E-state index < -0.39 is 24.7 Å². The highest BCUT2D eigenvalue weighted by Crippen LogP contribution is 2.36. The smallest absolute Gasteiger partial charge is 0.461 e. The van der Waals surface area contributed by atoms with Gasteiger partial charge in [0.1, 0.15) is 0 Å². The van der Waals surface area contributed by atoms with Crippen molar-refractivity contribution in [3.05, 3.63) is 0 Å². The minimum Gasteiger partial charge on any atom is -0.461 e. The molecule has 38 heavy (non-hydrogen) atoms. The van der Waals surface area contributed by atoms with Crippen molar-refractivity contribution < 1.29 is 31.5 Å². The van der Waals surface area contributed by atoms with Crippen molar-refractivity contribution in [2.24, 2.45) is 0 Å². The van der Waals surface area contributed by atoms with E-state index in [4.69, 9.17) is 0 Å². The zero-order chi connectivity index (χ0) is 28.4. The highest BCUT2D eigenvalue weighted by atomic mass is 19.4. The van der Waals surface area contributed by atoms with Crippen LogP contribution in [0.2, 0.25) is 0 Å². The summed E-state index contributed by atoms with van der Waals surface area (Å²) in [6.45, 7) is 1.87. The van der Waals surface area contributed by atoms with Gasteiger partial charge in [-0.15, -0.1) is 0 Å². The lowest BCUT2D eigenvalue weighted by molar-refractivity contribution is -0.280. The van der Waals surface area contributed by atoms with E-state index in [0.717, 1.165) is 19.3 Å². The summed E-state index contributed by atoms with van der Waals surface area (Å²) < 4.78 is 65.6. The minimum atomic E-state index is -5.91. The summed E-state index contributed by atoms with van der Waals surface area (Å²) in [4.78, 5) is 10.9. The van der Waals surface area contributed by atoms with Gasteiger partial charge in [-0.3, -0.25) is 0 Å². The Morgan fingerprint density at radius 2 is 0.684 bits per heavy atom. The fraction of sp³-hybridized carbons (Fsp3) is 0.968. The first-order chi connectivity index (χ1) is 18.2. The maximum atomic E-state index is 12.7. The van der Waals surface area contributed by atoms with Crippen molar-refractivity contribution in [3.63, 3.8) is 0 Å². The molecule has 2 nitrogen and oxygen atoms in total. The lowest BCUT2D eigenvalue weighted by Crippen LogP contribution is -2.45. The van der Waals surface area contributed by atoms with E-state index in [1.165, 1.54) is 135 Å². The Morgan fingerprint density at radius 1 is 0.447 bits per heavy atom. The molecule has 0 aliphatic carbocycles. The van der Waals surface area contributed by atoms with Crippen LogP contribution in [0.25, 0.3) is 0 Å². The predicted octanol–water partition coefficient (Wildman–Crippen LogP) is 11.9. The molecular formula is C31H57F5O2. The molecule has 0 aromatic rings. The maximum Gasteiger partial charge on any atom is 0.465 e. The summed E-state index contributed by atoms with van der Waals surface area (Å²) >= 11 is 0. The summed E-state index contributed by atoms with van der Waals surface area (Å²) in [7, 11) is 0. The first-order valence-corrected chi connectivity index (χ1v) is 15.8. The Morgan fingerprint density at radius 3 is 0.921 bits per heavy atom. The second-order valence-corrected chi connectivity index (χ2v) is 11.0. The summed E-state index contributed by atoms with van der Waals surface area (Å²) in [5.74, 6) is -7.94. The normalized spacial score (nSPS) is 12.3.